The van der Waals surface area contributed by atoms with E-state index in [9.17, 15) is 4.79 Å². The molecule has 28 heavy (non-hydrogen) atoms. The van der Waals surface area contributed by atoms with Crippen molar-refractivity contribution >= 4 is 5.91 Å². The predicted octanol–water partition coefficient (Wildman–Crippen LogP) is 2.32. The number of nitrogens with zero attached hydrogens (tertiary/aromatic N) is 4. The number of hydrogen-bond donors (Lipinski definition) is 1. The number of nitrogens with one attached hydrogen (secondary N) is 1. The molecule has 2 atom stereocenters. The predicted molar refractivity (Wildman–Crippen MR) is 102 cm³/mol. The zero-order chi connectivity index (χ0) is 19.5. The maximum absolute atomic E-state index is 12.3. The van der Waals surface area contributed by atoms with Crippen LogP contribution in [0.4, 0.5) is 0 Å². The SMILES string of the molecule is COc1ccc(-c2noc([C@@H]3C[C@H](NC(=O)c4ccccn4)CN3C)n2)cc1. The van der Waals surface area contributed by atoms with Crippen LogP contribution in [0.5, 0.6) is 5.75 Å². The topological polar surface area (TPSA) is 93.4 Å². The molecule has 1 aromatic carbocycles. The third kappa shape index (κ3) is 3.72. The molecule has 144 valence electrons. The van der Waals surface area contributed by atoms with Crippen LogP contribution in [0, 0.1) is 0 Å². The van der Waals surface area contributed by atoms with Gasteiger partial charge in [0.15, 0.2) is 0 Å². The molecule has 0 saturated carbocycles. The van der Waals surface area contributed by atoms with Crippen molar-refractivity contribution in [3.8, 4) is 17.1 Å². The van der Waals surface area contributed by atoms with E-state index in [-0.39, 0.29) is 18.0 Å². The molecule has 8 heteroatoms. The number of likely N-dealkylation sites (tertiary alicyclic amines) is 1. The van der Waals surface area contributed by atoms with Gasteiger partial charge in [0.05, 0.1) is 13.2 Å². The molecule has 2 aromatic heterocycles. The molecule has 1 saturated heterocycles. The van der Waals surface area contributed by atoms with Gasteiger partial charge in [-0.3, -0.25) is 14.7 Å². The molecule has 1 fully saturated rings. The molecule has 0 spiro atoms. The summed E-state index contributed by atoms with van der Waals surface area (Å²) in [5, 5.41) is 7.13. The Morgan fingerprint density at radius 3 is 2.79 bits per heavy atom. The fourth-order valence-corrected chi connectivity index (χ4v) is 3.38. The summed E-state index contributed by atoms with van der Waals surface area (Å²) in [5.41, 5.74) is 1.27. The second-order valence-corrected chi connectivity index (χ2v) is 6.76. The smallest absolute Gasteiger partial charge is 0.270 e. The number of methoxy groups -OCH3 is 1. The molecule has 0 aliphatic carbocycles. The van der Waals surface area contributed by atoms with Crippen molar-refractivity contribution in [1.29, 1.82) is 0 Å². The average Bonchev–Trinajstić information content (AvgIpc) is 3.35. The highest BCUT2D eigenvalue weighted by molar-refractivity contribution is 5.92. The molecule has 0 unspecified atom stereocenters. The Hall–Kier alpha value is -3.26. The Morgan fingerprint density at radius 2 is 2.07 bits per heavy atom. The van der Waals surface area contributed by atoms with E-state index in [0.717, 1.165) is 11.3 Å². The number of carbonyl (C=O) groups is 1. The second-order valence-electron chi connectivity index (χ2n) is 6.76. The molecule has 1 aliphatic heterocycles. The van der Waals surface area contributed by atoms with Gasteiger partial charge in [0.25, 0.3) is 5.91 Å². The van der Waals surface area contributed by atoms with Gasteiger partial charge in [0.1, 0.15) is 11.4 Å². The van der Waals surface area contributed by atoms with Gasteiger partial charge in [0.2, 0.25) is 11.7 Å². The molecule has 4 rings (SSSR count). The molecule has 1 N–H and O–H groups in total. The fourth-order valence-electron chi connectivity index (χ4n) is 3.38. The highest BCUT2D eigenvalue weighted by Crippen LogP contribution is 2.31. The molecule has 0 bridgehead atoms. The van der Waals surface area contributed by atoms with Crippen LogP contribution in [0.2, 0.25) is 0 Å². The lowest BCUT2D eigenvalue weighted by molar-refractivity contribution is 0.0933. The number of aromatic nitrogens is 3. The summed E-state index contributed by atoms with van der Waals surface area (Å²) >= 11 is 0. The Kier molecular flexibility index (Phi) is 5.03. The van der Waals surface area contributed by atoms with Crippen LogP contribution >= 0.6 is 0 Å². The lowest BCUT2D eigenvalue weighted by atomic mass is 10.1. The zero-order valence-electron chi connectivity index (χ0n) is 15.7. The van der Waals surface area contributed by atoms with Crippen molar-refractivity contribution in [1.82, 2.24) is 25.3 Å². The van der Waals surface area contributed by atoms with E-state index in [2.05, 4.69) is 25.3 Å². The first-order chi connectivity index (χ1) is 13.6. The van der Waals surface area contributed by atoms with E-state index in [1.165, 1.54) is 0 Å². The summed E-state index contributed by atoms with van der Waals surface area (Å²) in [6, 6.07) is 12.7. The minimum atomic E-state index is -0.177. The van der Waals surface area contributed by atoms with Crippen molar-refractivity contribution in [3.05, 3.63) is 60.2 Å². The van der Waals surface area contributed by atoms with E-state index in [1.807, 2.05) is 31.3 Å². The Morgan fingerprint density at radius 1 is 1.25 bits per heavy atom. The molecule has 3 heterocycles. The standard InChI is InChI=1S/C20H21N5O3/c1-25-12-14(22-19(26)16-5-3-4-10-21-16)11-17(25)20-23-18(24-28-20)13-6-8-15(27-2)9-7-13/h3-10,14,17H,11-12H2,1-2H3,(H,22,26)/t14-,17-/m0/s1. The summed E-state index contributed by atoms with van der Waals surface area (Å²) in [5.74, 6) is 1.67. The Bertz CT molecular complexity index is 942. The quantitative estimate of drug-likeness (QED) is 0.727. The van der Waals surface area contributed by atoms with E-state index >= 15 is 0 Å². The lowest BCUT2D eigenvalue weighted by Gasteiger charge is -2.14. The van der Waals surface area contributed by atoms with Crippen LogP contribution in [0.3, 0.4) is 0 Å². The molecular formula is C20H21N5O3. The number of ether oxygens (including phenoxy) is 1. The average molecular weight is 379 g/mol. The molecule has 8 nitrogen and oxygen atoms in total. The van der Waals surface area contributed by atoms with Gasteiger partial charge < -0.3 is 14.6 Å². The molecule has 1 aliphatic rings. The minimum absolute atomic E-state index is 0.0131. The highest BCUT2D eigenvalue weighted by Gasteiger charge is 2.35. The van der Waals surface area contributed by atoms with Crippen LogP contribution in [0.1, 0.15) is 28.8 Å². The summed E-state index contributed by atoms with van der Waals surface area (Å²) in [4.78, 5) is 23.1. The first-order valence-corrected chi connectivity index (χ1v) is 9.04. The zero-order valence-corrected chi connectivity index (χ0v) is 15.7. The normalized spacial score (nSPS) is 19.5. The summed E-state index contributed by atoms with van der Waals surface area (Å²) in [6.45, 7) is 0.698. The number of likely N-dealkylation sites (N-methyl/N-ethyl adjacent to an activating group) is 1. The van der Waals surface area contributed by atoms with E-state index < -0.39 is 0 Å². The molecule has 1 amide bonds. The second kappa shape index (κ2) is 7.77. The summed E-state index contributed by atoms with van der Waals surface area (Å²) < 4.78 is 10.7. The van der Waals surface area contributed by atoms with Crippen molar-refractivity contribution in [2.75, 3.05) is 20.7 Å². The number of rotatable bonds is 5. The number of benzene rings is 1. The Labute approximate surface area is 162 Å². The first-order valence-electron chi connectivity index (χ1n) is 9.04. The summed E-state index contributed by atoms with van der Waals surface area (Å²) in [6.07, 6.45) is 2.30. The third-order valence-corrected chi connectivity index (χ3v) is 4.86. The van der Waals surface area contributed by atoms with Gasteiger partial charge in [-0.2, -0.15) is 4.98 Å². The van der Waals surface area contributed by atoms with Crippen molar-refractivity contribution in [2.45, 2.75) is 18.5 Å². The largest absolute Gasteiger partial charge is 0.497 e. The summed E-state index contributed by atoms with van der Waals surface area (Å²) in [7, 11) is 3.61. The van der Waals surface area contributed by atoms with Crippen molar-refractivity contribution in [3.63, 3.8) is 0 Å². The minimum Gasteiger partial charge on any atom is -0.497 e. The monoisotopic (exact) mass is 379 g/mol. The number of pyridine rings is 1. The maximum atomic E-state index is 12.3. The van der Waals surface area contributed by atoms with E-state index in [4.69, 9.17) is 9.26 Å². The van der Waals surface area contributed by atoms with Crippen LogP contribution in [-0.4, -0.2) is 52.7 Å². The Balaban J connectivity index is 1.43. The van der Waals surface area contributed by atoms with Gasteiger partial charge >= 0.3 is 0 Å². The van der Waals surface area contributed by atoms with Gasteiger partial charge in [-0.05, 0) is 49.9 Å². The number of carbonyl (C=O) groups excluding carboxylic acids is 1. The van der Waals surface area contributed by atoms with Crippen LogP contribution in [-0.2, 0) is 0 Å². The third-order valence-electron chi connectivity index (χ3n) is 4.86. The van der Waals surface area contributed by atoms with Crippen LogP contribution in [0.15, 0.2) is 53.2 Å². The molecule has 0 radical (unpaired) electrons. The van der Waals surface area contributed by atoms with Crippen LogP contribution < -0.4 is 10.1 Å². The van der Waals surface area contributed by atoms with Gasteiger partial charge in [-0.15, -0.1) is 0 Å². The van der Waals surface area contributed by atoms with Gasteiger partial charge in [0, 0.05) is 24.3 Å². The van der Waals surface area contributed by atoms with Gasteiger partial charge in [-0.25, -0.2) is 0 Å². The van der Waals surface area contributed by atoms with E-state index in [0.29, 0.717) is 30.4 Å². The van der Waals surface area contributed by atoms with Crippen molar-refractivity contribution in [2.24, 2.45) is 0 Å². The van der Waals surface area contributed by atoms with Crippen LogP contribution in [0.25, 0.3) is 11.4 Å². The lowest BCUT2D eigenvalue weighted by Crippen LogP contribution is -2.36. The first kappa shape index (κ1) is 18.1. The number of amides is 1. The highest BCUT2D eigenvalue weighted by atomic mass is 16.5. The number of hydrogen-bond acceptors (Lipinski definition) is 7. The molecule has 3 aromatic rings. The van der Waals surface area contributed by atoms with Gasteiger partial charge in [-0.1, -0.05) is 11.2 Å². The fraction of sp³-hybridized carbons (Fsp3) is 0.300. The van der Waals surface area contributed by atoms with Crippen molar-refractivity contribution < 1.29 is 14.1 Å². The molecular weight excluding hydrogens is 358 g/mol. The maximum Gasteiger partial charge on any atom is 0.270 e. The van der Waals surface area contributed by atoms with E-state index in [1.54, 1.807) is 31.5 Å².